The lowest BCUT2D eigenvalue weighted by atomic mass is 10.2. The maximum absolute atomic E-state index is 5.85. The van der Waals surface area contributed by atoms with Gasteiger partial charge in [0.25, 0.3) is 0 Å². The summed E-state index contributed by atoms with van der Waals surface area (Å²) in [5.41, 5.74) is 8.04. The number of nitrogen functional groups attached to an aromatic ring is 1. The minimum atomic E-state index is 0.361. The van der Waals surface area contributed by atoms with Crippen LogP contribution in [0.2, 0.25) is 5.15 Å². The zero-order valence-corrected chi connectivity index (χ0v) is 12.6. The molecule has 0 spiro atoms. The Labute approximate surface area is 130 Å². The fraction of sp³-hybridized carbons (Fsp3) is 0.0714. The molecule has 3 aromatic heterocycles. The maximum Gasteiger partial charge on any atom is 0.212 e. The maximum atomic E-state index is 5.85. The molecule has 0 atom stereocenters. The van der Waals surface area contributed by atoms with E-state index in [0.29, 0.717) is 26.8 Å². The minimum absolute atomic E-state index is 0.361. The van der Waals surface area contributed by atoms with Gasteiger partial charge in [-0.2, -0.15) is 0 Å². The summed E-state index contributed by atoms with van der Waals surface area (Å²) in [7, 11) is 0. The Morgan fingerprint density at radius 3 is 2.86 bits per heavy atom. The smallest absolute Gasteiger partial charge is 0.212 e. The van der Waals surface area contributed by atoms with Crippen LogP contribution in [-0.4, -0.2) is 15.0 Å². The molecular weight excluding hydrogens is 308 g/mol. The molecule has 0 aliphatic heterocycles. The first-order valence-electron chi connectivity index (χ1n) is 6.11. The van der Waals surface area contributed by atoms with E-state index in [2.05, 4.69) is 15.0 Å². The number of aryl methyl sites for hydroxylation is 1. The van der Waals surface area contributed by atoms with Crippen molar-refractivity contribution in [2.24, 2.45) is 0 Å². The van der Waals surface area contributed by atoms with Crippen molar-refractivity contribution < 1.29 is 4.74 Å². The van der Waals surface area contributed by atoms with Gasteiger partial charge in [-0.25, -0.2) is 9.97 Å². The van der Waals surface area contributed by atoms with E-state index in [1.165, 1.54) is 11.3 Å². The number of pyridine rings is 2. The Hall–Kier alpha value is -2.18. The van der Waals surface area contributed by atoms with Gasteiger partial charge >= 0.3 is 0 Å². The lowest BCUT2D eigenvalue weighted by molar-refractivity contribution is 0.496. The number of halogens is 1. The zero-order chi connectivity index (χ0) is 14.8. The highest BCUT2D eigenvalue weighted by atomic mass is 35.5. The van der Waals surface area contributed by atoms with Gasteiger partial charge in [0.2, 0.25) is 5.06 Å². The van der Waals surface area contributed by atoms with E-state index in [1.807, 2.05) is 25.1 Å². The van der Waals surface area contributed by atoms with Crippen LogP contribution >= 0.6 is 22.9 Å². The summed E-state index contributed by atoms with van der Waals surface area (Å²) in [6.45, 7) is 1.92. The summed E-state index contributed by atoms with van der Waals surface area (Å²) in [6.07, 6.45) is 1.58. The molecule has 0 radical (unpaired) electrons. The number of nitrogens with zero attached hydrogens (tertiary/aromatic N) is 3. The molecule has 0 bridgehead atoms. The van der Waals surface area contributed by atoms with Crippen LogP contribution in [0.3, 0.4) is 0 Å². The van der Waals surface area contributed by atoms with Crippen molar-refractivity contribution in [2.75, 3.05) is 5.73 Å². The third kappa shape index (κ3) is 3.12. The summed E-state index contributed by atoms with van der Waals surface area (Å²) in [4.78, 5) is 12.7. The van der Waals surface area contributed by atoms with Crippen molar-refractivity contribution in [3.63, 3.8) is 0 Å². The molecular formula is C14H11ClN4OS. The highest BCUT2D eigenvalue weighted by molar-refractivity contribution is 7.17. The number of hydrogen-bond donors (Lipinski definition) is 1. The fourth-order valence-electron chi connectivity index (χ4n) is 1.78. The van der Waals surface area contributed by atoms with Crippen molar-refractivity contribution in [1.82, 2.24) is 15.0 Å². The first-order chi connectivity index (χ1) is 10.1. The van der Waals surface area contributed by atoms with Gasteiger partial charge in [-0.15, -0.1) is 0 Å². The Morgan fingerprint density at radius 2 is 2.10 bits per heavy atom. The summed E-state index contributed by atoms with van der Waals surface area (Å²) in [6, 6.07) is 9.05. The highest BCUT2D eigenvalue weighted by Crippen LogP contribution is 2.38. The average molecular weight is 319 g/mol. The van der Waals surface area contributed by atoms with Crippen molar-refractivity contribution in [1.29, 1.82) is 0 Å². The van der Waals surface area contributed by atoms with Crippen LogP contribution in [0.25, 0.3) is 11.4 Å². The van der Waals surface area contributed by atoms with Crippen molar-refractivity contribution in [3.05, 3.63) is 47.4 Å². The standard InChI is InChI=1S/C14H11ClN4OS/c1-8-3-2-4-10(18-8)12-13(21-14(16)19-12)20-9-5-6-17-11(15)7-9/h2-7H,1H3,(H2,16,19). The van der Waals surface area contributed by atoms with Crippen molar-refractivity contribution >= 4 is 28.1 Å². The van der Waals surface area contributed by atoms with E-state index < -0.39 is 0 Å². The van der Waals surface area contributed by atoms with E-state index >= 15 is 0 Å². The predicted octanol–water partition coefficient (Wildman–Crippen LogP) is 3.94. The monoisotopic (exact) mass is 318 g/mol. The van der Waals surface area contributed by atoms with Gasteiger partial charge in [-0.3, -0.25) is 4.98 Å². The molecule has 5 nitrogen and oxygen atoms in total. The predicted molar refractivity (Wildman–Crippen MR) is 83.8 cm³/mol. The van der Waals surface area contributed by atoms with Crippen molar-refractivity contribution in [3.8, 4) is 22.2 Å². The summed E-state index contributed by atoms with van der Waals surface area (Å²) < 4.78 is 5.82. The van der Waals surface area contributed by atoms with E-state index in [4.69, 9.17) is 22.1 Å². The Morgan fingerprint density at radius 1 is 1.24 bits per heavy atom. The molecule has 3 rings (SSSR count). The molecule has 106 valence electrons. The van der Waals surface area contributed by atoms with Crippen LogP contribution in [0.15, 0.2) is 36.5 Å². The molecule has 0 aromatic carbocycles. The van der Waals surface area contributed by atoms with Crippen LogP contribution in [0.4, 0.5) is 5.13 Å². The van der Waals surface area contributed by atoms with Gasteiger partial charge in [-0.05, 0) is 25.1 Å². The second-order valence-corrected chi connectivity index (χ2v) is 5.65. The zero-order valence-electron chi connectivity index (χ0n) is 11.1. The topological polar surface area (TPSA) is 73.9 Å². The molecule has 21 heavy (non-hydrogen) atoms. The molecule has 0 saturated heterocycles. The molecule has 0 aliphatic carbocycles. The lowest BCUT2D eigenvalue weighted by Crippen LogP contribution is -1.90. The first kappa shape index (κ1) is 13.8. The lowest BCUT2D eigenvalue weighted by Gasteiger charge is -2.05. The molecule has 0 fully saturated rings. The quantitative estimate of drug-likeness (QED) is 0.740. The van der Waals surface area contributed by atoms with Crippen LogP contribution in [0, 0.1) is 6.92 Å². The van der Waals surface area contributed by atoms with Gasteiger partial charge in [0.05, 0.1) is 5.69 Å². The highest BCUT2D eigenvalue weighted by Gasteiger charge is 2.15. The second kappa shape index (κ2) is 5.67. The molecule has 0 unspecified atom stereocenters. The van der Waals surface area contributed by atoms with Crippen LogP contribution < -0.4 is 10.5 Å². The van der Waals surface area contributed by atoms with Crippen molar-refractivity contribution in [2.45, 2.75) is 6.92 Å². The van der Waals surface area contributed by atoms with Crippen LogP contribution in [-0.2, 0) is 0 Å². The van der Waals surface area contributed by atoms with Crippen LogP contribution in [0.5, 0.6) is 10.8 Å². The van der Waals surface area contributed by atoms with E-state index in [1.54, 1.807) is 18.3 Å². The molecule has 0 aliphatic rings. The third-order valence-corrected chi connectivity index (χ3v) is 3.62. The van der Waals surface area contributed by atoms with Gasteiger partial charge in [0.15, 0.2) is 5.13 Å². The third-order valence-electron chi connectivity index (χ3n) is 2.65. The summed E-state index contributed by atoms with van der Waals surface area (Å²) in [5.74, 6) is 0.576. The van der Waals surface area contributed by atoms with E-state index in [-0.39, 0.29) is 0 Å². The molecule has 7 heteroatoms. The van der Waals surface area contributed by atoms with E-state index in [0.717, 1.165) is 11.4 Å². The molecule has 3 heterocycles. The number of hydrogen-bond acceptors (Lipinski definition) is 6. The first-order valence-corrected chi connectivity index (χ1v) is 7.31. The minimum Gasteiger partial charge on any atom is -0.444 e. The normalized spacial score (nSPS) is 10.6. The number of anilines is 1. The van der Waals surface area contributed by atoms with Gasteiger partial charge in [-0.1, -0.05) is 29.0 Å². The van der Waals surface area contributed by atoms with Gasteiger partial charge < -0.3 is 10.5 Å². The largest absolute Gasteiger partial charge is 0.444 e. The number of aromatic nitrogens is 3. The number of thiazole rings is 1. The summed E-state index contributed by atoms with van der Waals surface area (Å²) in [5, 5.41) is 1.36. The Balaban J connectivity index is 2.00. The molecule has 0 amide bonds. The molecule has 0 saturated carbocycles. The van der Waals surface area contributed by atoms with Gasteiger partial charge in [0.1, 0.15) is 16.6 Å². The Bertz CT molecular complexity index is 790. The SMILES string of the molecule is Cc1cccc(-c2nc(N)sc2Oc2ccnc(Cl)c2)n1. The molecule has 2 N–H and O–H groups in total. The molecule has 3 aromatic rings. The second-order valence-electron chi connectivity index (χ2n) is 4.27. The van der Waals surface area contributed by atoms with E-state index in [9.17, 15) is 0 Å². The summed E-state index contributed by atoms with van der Waals surface area (Å²) >= 11 is 7.11. The van der Waals surface area contributed by atoms with Gasteiger partial charge in [0, 0.05) is 18.0 Å². The Kier molecular flexibility index (Phi) is 3.72. The number of ether oxygens (including phenoxy) is 1. The van der Waals surface area contributed by atoms with Crippen LogP contribution in [0.1, 0.15) is 5.69 Å². The fourth-order valence-corrected chi connectivity index (χ4v) is 2.66. The number of nitrogens with two attached hydrogens (primary N) is 1. The average Bonchev–Trinajstić information content (AvgIpc) is 2.79. The number of rotatable bonds is 3.